The lowest BCUT2D eigenvalue weighted by Gasteiger charge is -2.26. The summed E-state index contributed by atoms with van der Waals surface area (Å²) in [5, 5.41) is 1.08. The molecule has 232 valence electrons. The number of nitrogens with zero attached hydrogens (tertiary/aromatic N) is 2. The van der Waals surface area contributed by atoms with Gasteiger partial charge < -0.3 is 14.2 Å². The van der Waals surface area contributed by atoms with E-state index in [1.807, 2.05) is 60.7 Å². The molecular weight excluding hydrogens is 643 g/mol. The van der Waals surface area contributed by atoms with Gasteiger partial charge in [-0.1, -0.05) is 95.2 Å². The van der Waals surface area contributed by atoms with E-state index in [2.05, 4.69) is 0 Å². The van der Waals surface area contributed by atoms with E-state index < -0.39 is 12.0 Å². The largest absolute Gasteiger partial charge is 0.497 e. The van der Waals surface area contributed by atoms with E-state index in [0.29, 0.717) is 47.7 Å². The smallest absolute Gasteiger partial charge is 0.338 e. The number of rotatable bonds is 9. The SMILES string of the molecule is CCOC(=O)C1=C(c2ccccc2)N=c2s/c(=C\c3cc(Cl)ccc3OCc3ccccc3Cl)c(=O)n2[C@H]1c1ccc(OC)cc1. The second-order valence-corrected chi connectivity index (χ2v) is 12.1. The Kier molecular flexibility index (Phi) is 9.40. The molecule has 0 spiro atoms. The molecule has 1 aliphatic heterocycles. The Morgan fingerprint density at radius 1 is 0.978 bits per heavy atom. The number of esters is 1. The van der Waals surface area contributed by atoms with Gasteiger partial charge in [-0.15, -0.1) is 0 Å². The Labute approximate surface area is 279 Å². The van der Waals surface area contributed by atoms with E-state index in [1.165, 1.54) is 11.3 Å². The fraction of sp³-hybridized carbons (Fsp3) is 0.139. The lowest BCUT2D eigenvalue weighted by atomic mass is 9.93. The molecule has 1 aromatic heterocycles. The number of fused-ring (bicyclic) bond motifs is 1. The van der Waals surface area contributed by atoms with Crippen LogP contribution in [0.5, 0.6) is 11.5 Å². The molecule has 0 saturated carbocycles. The van der Waals surface area contributed by atoms with Gasteiger partial charge in [-0.25, -0.2) is 9.79 Å². The zero-order valence-corrected chi connectivity index (χ0v) is 27.2. The van der Waals surface area contributed by atoms with Crippen molar-refractivity contribution in [1.82, 2.24) is 4.57 Å². The number of carbonyl (C=O) groups excluding carboxylic acids is 1. The first-order valence-corrected chi connectivity index (χ1v) is 16.0. The molecule has 0 amide bonds. The van der Waals surface area contributed by atoms with Crippen LogP contribution < -0.4 is 24.4 Å². The molecule has 6 rings (SSSR count). The van der Waals surface area contributed by atoms with Crippen molar-refractivity contribution < 1.29 is 19.0 Å². The minimum Gasteiger partial charge on any atom is -0.497 e. The maximum atomic E-state index is 14.3. The van der Waals surface area contributed by atoms with Crippen LogP contribution in [0.25, 0.3) is 11.8 Å². The zero-order valence-electron chi connectivity index (χ0n) is 24.9. The molecule has 0 saturated heterocycles. The maximum absolute atomic E-state index is 14.3. The average molecular weight is 672 g/mol. The Balaban J connectivity index is 1.54. The van der Waals surface area contributed by atoms with Crippen molar-refractivity contribution in [3.63, 3.8) is 0 Å². The second kappa shape index (κ2) is 13.8. The fourth-order valence-corrected chi connectivity index (χ4v) is 6.58. The van der Waals surface area contributed by atoms with E-state index in [9.17, 15) is 9.59 Å². The molecule has 46 heavy (non-hydrogen) atoms. The third-order valence-corrected chi connectivity index (χ3v) is 8.99. The second-order valence-electron chi connectivity index (χ2n) is 10.3. The number of halogens is 2. The summed E-state index contributed by atoms with van der Waals surface area (Å²) < 4.78 is 19.0. The summed E-state index contributed by atoms with van der Waals surface area (Å²) in [4.78, 5) is 33.3. The van der Waals surface area contributed by atoms with E-state index in [4.69, 9.17) is 42.4 Å². The van der Waals surface area contributed by atoms with E-state index in [-0.39, 0.29) is 24.3 Å². The predicted molar refractivity (Wildman–Crippen MR) is 181 cm³/mol. The number of methoxy groups -OCH3 is 1. The van der Waals surface area contributed by atoms with Crippen LogP contribution in [-0.4, -0.2) is 24.3 Å². The minimum absolute atomic E-state index is 0.163. The normalized spacial score (nSPS) is 14.4. The Morgan fingerprint density at radius 3 is 2.43 bits per heavy atom. The Hall–Kier alpha value is -4.63. The van der Waals surface area contributed by atoms with Gasteiger partial charge in [-0.3, -0.25) is 9.36 Å². The van der Waals surface area contributed by atoms with E-state index in [0.717, 1.165) is 11.1 Å². The highest BCUT2D eigenvalue weighted by Crippen LogP contribution is 2.36. The van der Waals surface area contributed by atoms with Crippen molar-refractivity contribution >= 4 is 52.3 Å². The van der Waals surface area contributed by atoms with Gasteiger partial charge in [0.1, 0.15) is 18.1 Å². The van der Waals surface area contributed by atoms with Crippen LogP contribution in [0.2, 0.25) is 10.0 Å². The molecule has 0 fully saturated rings. The van der Waals surface area contributed by atoms with Crippen molar-refractivity contribution in [3.05, 3.63) is 155 Å². The minimum atomic E-state index is -0.811. The molecule has 0 aliphatic carbocycles. The van der Waals surface area contributed by atoms with Crippen molar-refractivity contribution in [2.75, 3.05) is 13.7 Å². The third-order valence-electron chi connectivity index (χ3n) is 7.40. The number of benzene rings is 4. The Morgan fingerprint density at radius 2 is 1.72 bits per heavy atom. The van der Waals surface area contributed by atoms with Gasteiger partial charge in [-0.05, 0) is 55.0 Å². The number of thiazole rings is 1. The lowest BCUT2D eigenvalue weighted by Crippen LogP contribution is -2.40. The van der Waals surface area contributed by atoms with Gasteiger partial charge in [-0.2, -0.15) is 0 Å². The summed E-state index contributed by atoms with van der Waals surface area (Å²) in [5.74, 6) is 0.621. The standard InChI is InChI=1S/C36H28Cl2N2O5S/c1-3-44-35(42)31-32(22-9-5-4-6-10-22)39-36-40(33(31)23-13-16-27(43-2)17-14-23)34(41)30(46-36)20-25-19-26(37)15-18-29(25)45-21-24-11-7-8-12-28(24)38/h4-20,33H,3,21H2,1-2H3/b30-20-/t33-/m0/s1. The summed E-state index contributed by atoms with van der Waals surface area (Å²) in [6.45, 7) is 2.13. The molecule has 0 radical (unpaired) electrons. The van der Waals surface area contributed by atoms with Crippen LogP contribution >= 0.6 is 34.5 Å². The van der Waals surface area contributed by atoms with Crippen molar-refractivity contribution in [2.24, 2.45) is 4.99 Å². The van der Waals surface area contributed by atoms with Gasteiger partial charge in [0.25, 0.3) is 5.56 Å². The van der Waals surface area contributed by atoms with Crippen molar-refractivity contribution in [3.8, 4) is 11.5 Å². The number of hydrogen-bond acceptors (Lipinski definition) is 7. The van der Waals surface area contributed by atoms with Crippen LogP contribution in [0.4, 0.5) is 0 Å². The molecule has 0 unspecified atom stereocenters. The third kappa shape index (κ3) is 6.37. The molecule has 1 aliphatic rings. The molecule has 0 bridgehead atoms. The summed E-state index contributed by atoms with van der Waals surface area (Å²) in [5.41, 5.74) is 3.25. The van der Waals surface area contributed by atoms with Gasteiger partial charge in [0.15, 0.2) is 4.80 Å². The highest BCUT2D eigenvalue weighted by Gasteiger charge is 2.35. The maximum Gasteiger partial charge on any atom is 0.338 e. The number of aromatic nitrogens is 1. The molecule has 4 aromatic carbocycles. The molecular formula is C36H28Cl2N2O5S. The van der Waals surface area contributed by atoms with Crippen LogP contribution in [0.1, 0.15) is 35.2 Å². The predicted octanol–water partition coefficient (Wildman–Crippen LogP) is 6.83. The first kappa shape index (κ1) is 31.4. The molecule has 7 nitrogen and oxygen atoms in total. The summed E-state index contributed by atoms with van der Waals surface area (Å²) >= 11 is 14.0. The number of hydrogen-bond donors (Lipinski definition) is 0. The van der Waals surface area contributed by atoms with Crippen LogP contribution in [0, 0.1) is 0 Å². The molecule has 2 heterocycles. The molecule has 10 heteroatoms. The Bertz CT molecular complexity index is 2120. The van der Waals surface area contributed by atoms with Gasteiger partial charge in [0, 0.05) is 26.7 Å². The van der Waals surface area contributed by atoms with E-state index >= 15 is 0 Å². The summed E-state index contributed by atoms with van der Waals surface area (Å²) in [7, 11) is 1.58. The molecule has 1 atom stereocenters. The van der Waals surface area contributed by atoms with Crippen LogP contribution in [-0.2, 0) is 16.1 Å². The van der Waals surface area contributed by atoms with Gasteiger partial charge in [0.2, 0.25) is 0 Å². The highest BCUT2D eigenvalue weighted by molar-refractivity contribution is 7.07. The monoisotopic (exact) mass is 670 g/mol. The van der Waals surface area contributed by atoms with Crippen molar-refractivity contribution in [1.29, 1.82) is 0 Å². The van der Waals surface area contributed by atoms with Gasteiger partial charge in [0.05, 0.1) is 35.6 Å². The fourth-order valence-electron chi connectivity index (χ4n) is 5.22. The molecule has 5 aromatic rings. The topological polar surface area (TPSA) is 79.1 Å². The number of carbonyl (C=O) groups is 1. The van der Waals surface area contributed by atoms with Crippen LogP contribution in [0.15, 0.2) is 112 Å². The van der Waals surface area contributed by atoms with Crippen molar-refractivity contribution in [2.45, 2.75) is 19.6 Å². The molecule has 0 N–H and O–H groups in total. The van der Waals surface area contributed by atoms with Crippen LogP contribution in [0.3, 0.4) is 0 Å². The number of ether oxygens (including phenoxy) is 3. The van der Waals surface area contributed by atoms with E-state index in [1.54, 1.807) is 61.1 Å². The lowest BCUT2D eigenvalue weighted by molar-refractivity contribution is -0.138. The van der Waals surface area contributed by atoms with Gasteiger partial charge >= 0.3 is 5.97 Å². The zero-order chi connectivity index (χ0) is 32.2. The first-order valence-electron chi connectivity index (χ1n) is 14.5. The summed E-state index contributed by atoms with van der Waals surface area (Å²) in [6.07, 6.45) is 1.74. The highest BCUT2D eigenvalue weighted by atomic mass is 35.5. The average Bonchev–Trinajstić information content (AvgIpc) is 3.38. The first-order chi connectivity index (χ1) is 22.4. The summed E-state index contributed by atoms with van der Waals surface area (Å²) in [6, 6.07) is 28.5. The quantitative estimate of drug-likeness (QED) is 0.161.